The minimum atomic E-state index is -1.34. The van der Waals surface area contributed by atoms with E-state index in [4.69, 9.17) is 28.6 Å². The number of aliphatic carboxylic acids is 1. The largest absolute Gasteiger partial charge is 0.546 e. The second kappa shape index (κ2) is 8.42. The van der Waals surface area contributed by atoms with Gasteiger partial charge in [0.15, 0.2) is 5.11 Å². The predicted molar refractivity (Wildman–Crippen MR) is 109 cm³/mol. The predicted octanol–water partition coefficient (Wildman–Crippen LogP) is 1.69. The second-order valence-corrected chi connectivity index (χ2v) is 6.91. The number of nitrogens with one attached hydrogen (secondary N) is 1. The number of hydrogen-bond donors (Lipinski definition) is 1. The molecule has 3 rings (SSSR count). The molecule has 0 bridgehead atoms. The van der Waals surface area contributed by atoms with E-state index in [1.807, 2.05) is 0 Å². The summed E-state index contributed by atoms with van der Waals surface area (Å²) in [5, 5.41) is 13.6. The molecule has 1 fully saturated rings. The number of carboxylic acids is 1. The second-order valence-electron chi connectivity index (χ2n) is 6.09. The Morgan fingerprint density at radius 2 is 1.93 bits per heavy atom. The number of thiocarbonyl (C=S) groups is 1. The lowest BCUT2D eigenvalue weighted by atomic mass is 10.1. The van der Waals surface area contributed by atoms with Crippen LogP contribution in [-0.2, 0) is 14.4 Å². The van der Waals surface area contributed by atoms with Crippen molar-refractivity contribution in [3.8, 4) is 5.75 Å². The molecule has 2 amide bonds. The van der Waals surface area contributed by atoms with Crippen molar-refractivity contribution in [2.24, 2.45) is 0 Å². The highest BCUT2D eigenvalue weighted by atomic mass is 35.5. The zero-order valence-electron chi connectivity index (χ0n) is 15.0. The monoisotopic (exact) mass is 429 g/mol. The van der Waals surface area contributed by atoms with Crippen LogP contribution in [-0.4, -0.2) is 29.0 Å². The van der Waals surface area contributed by atoms with Crippen molar-refractivity contribution < 1.29 is 24.2 Å². The highest BCUT2D eigenvalue weighted by molar-refractivity contribution is 7.80. The van der Waals surface area contributed by atoms with Gasteiger partial charge in [-0.05, 0) is 61.1 Å². The highest BCUT2D eigenvalue weighted by Crippen LogP contribution is 2.25. The van der Waals surface area contributed by atoms with E-state index in [0.717, 1.165) is 0 Å². The molecule has 1 N–H and O–H groups in total. The first kappa shape index (κ1) is 20.5. The maximum absolute atomic E-state index is 12.9. The van der Waals surface area contributed by atoms with Gasteiger partial charge in [0.25, 0.3) is 11.8 Å². The molecular weight excluding hydrogens is 416 g/mol. The molecule has 0 spiro atoms. The Bertz CT molecular complexity index is 1040. The Kier molecular flexibility index (Phi) is 5.95. The van der Waals surface area contributed by atoms with Gasteiger partial charge in [-0.25, -0.2) is 0 Å². The summed E-state index contributed by atoms with van der Waals surface area (Å²) >= 11 is 11.1. The fraction of sp³-hybridized carbons (Fsp3) is 0.100. The van der Waals surface area contributed by atoms with Crippen molar-refractivity contribution in [3.63, 3.8) is 0 Å². The Morgan fingerprint density at radius 1 is 1.24 bits per heavy atom. The number of rotatable bonds is 5. The van der Waals surface area contributed by atoms with Crippen LogP contribution >= 0.6 is 23.8 Å². The van der Waals surface area contributed by atoms with Crippen LogP contribution in [0.1, 0.15) is 12.5 Å². The molecule has 148 valence electrons. The normalized spacial score (nSPS) is 16.6. The maximum Gasteiger partial charge on any atom is 0.270 e. The molecule has 2 aromatic carbocycles. The average molecular weight is 430 g/mol. The summed E-state index contributed by atoms with van der Waals surface area (Å²) in [6, 6.07) is 12.7. The van der Waals surface area contributed by atoms with Crippen LogP contribution in [0.25, 0.3) is 6.08 Å². The summed E-state index contributed by atoms with van der Waals surface area (Å²) in [4.78, 5) is 37.2. The molecule has 9 heteroatoms. The molecule has 0 aliphatic carbocycles. The lowest BCUT2D eigenvalue weighted by Gasteiger charge is -2.29. The molecule has 1 aliphatic rings. The zero-order valence-corrected chi connectivity index (χ0v) is 16.6. The highest BCUT2D eigenvalue weighted by Gasteiger charge is 2.34. The van der Waals surface area contributed by atoms with E-state index in [-0.39, 0.29) is 10.7 Å². The minimum Gasteiger partial charge on any atom is -0.546 e. The van der Waals surface area contributed by atoms with Gasteiger partial charge in [0.05, 0.1) is 11.7 Å². The van der Waals surface area contributed by atoms with Gasteiger partial charge in [-0.3, -0.25) is 19.8 Å². The molecule has 0 unspecified atom stereocenters. The first-order chi connectivity index (χ1) is 13.8. The number of amides is 2. The molecule has 1 aliphatic heterocycles. The molecule has 1 heterocycles. The third-order valence-electron chi connectivity index (χ3n) is 4.00. The molecule has 2 aromatic rings. The number of carbonyl (C=O) groups is 3. The fourth-order valence-electron chi connectivity index (χ4n) is 2.57. The molecule has 1 saturated heterocycles. The van der Waals surface area contributed by atoms with Gasteiger partial charge >= 0.3 is 0 Å². The van der Waals surface area contributed by atoms with E-state index in [1.165, 1.54) is 30.0 Å². The number of halogens is 1. The summed E-state index contributed by atoms with van der Waals surface area (Å²) < 4.78 is 5.20. The molecule has 7 nitrogen and oxygen atoms in total. The van der Waals surface area contributed by atoms with Crippen molar-refractivity contribution in [1.82, 2.24) is 5.32 Å². The molecule has 0 saturated carbocycles. The van der Waals surface area contributed by atoms with E-state index < -0.39 is 23.9 Å². The summed E-state index contributed by atoms with van der Waals surface area (Å²) in [6.07, 6.45) is 0.292. The number of benzene rings is 2. The standard InChI is InChI=1S/C20H15ClN2O5S/c1-11(19(26)27)28-15-7-5-12(6-8-15)9-16-17(24)22-20(29)23(18(16)25)14-4-2-3-13(21)10-14/h2-11H,1H3,(H,26,27)(H,22,24,29)/p-1/b16-9-/t11-/m0/s1. The van der Waals surface area contributed by atoms with Gasteiger partial charge in [0.1, 0.15) is 17.4 Å². The number of anilines is 1. The van der Waals surface area contributed by atoms with E-state index in [9.17, 15) is 19.5 Å². The van der Waals surface area contributed by atoms with Crippen molar-refractivity contribution in [2.75, 3.05) is 4.90 Å². The Morgan fingerprint density at radius 3 is 2.55 bits per heavy atom. The van der Waals surface area contributed by atoms with Gasteiger partial charge < -0.3 is 14.6 Å². The van der Waals surface area contributed by atoms with Crippen LogP contribution in [0, 0.1) is 0 Å². The van der Waals surface area contributed by atoms with E-state index in [0.29, 0.717) is 22.0 Å². The van der Waals surface area contributed by atoms with E-state index in [1.54, 1.807) is 36.4 Å². The van der Waals surface area contributed by atoms with Crippen LogP contribution in [0.15, 0.2) is 54.1 Å². The first-order valence-corrected chi connectivity index (χ1v) is 9.19. The number of hydrogen-bond acceptors (Lipinski definition) is 6. The smallest absolute Gasteiger partial charge is 0.270 e. The van der Waals surface area contributed by atoms with Crippen molar-refractivity contribution in [3.05, 3.63) is 64.7 Å². The van der Waals surface area contributed by atoms with Crippen molar-refractivity contribution >= 4 is 58.5 Å². The van der Waals surface area contributed by atoms with Gasteiger partial charge in [0, 0.05) is 5.02 Å². The average Bonchev–Trinajstić information content (AvgIpc) is 2.66. The zero-order chi connectivity index (χ0) is 21.1. The van der Waals surface area contributed by atoms with Crippen molar-refractivity contribution in [1.29, 1.82) is 0 Å². The molecule has 29 heavy (non-hydrogen) atoms. The van der Waals surface area contributed by atoms with Gasteiger partial charge in [-0.15, -0.1) is 0 Å². The lowest BCUT2D eigenvalue weighted by molar-refractivity contribution is -0.312. The van der Waals surface area contributed by atoms with Gasteiger partial charge in [-0.1, -0.05) is 29.8 Å². The first-order valence-electron chi connectivity index (χ1n) is 8.41. The molecular formula is C20H14ClN2O5S-. The van der Waals surface area contributed by atoms with E-state index in [2.05, 4.69) is 5.32 Å². The topological polar surface area (TPSA) is 98.8 Å². The third-order valence-corrected chi connectivity index (χ3v) is 4.52. The lowest BCUT2D eigenvalue weighted by Crippen LogP contribution is -2.54. The summed E-state index contributed by atoms with van der Waals surface area (Å²) in [5.74, 6) is -2.24. The van der Waals surface area contributed by atoms with Crippen LogP contribution in [0.4, 0.5) is 5.69 Å². The van der Waals surface area contributed by atoms with E-state index >= 15 is 0 Å². The number of carboxylic acid groups (broad SMARTS) is 1. The quantitative estimate of drug-likeness (QED) is 0.441. The SMILES string of the molecule is C[C@H](Oc1ccc(/C=C2/C(=O)NC(=S)N(c3cccc(Cl)c3)C2=O)cc1)C(=O)[O-]. The van der Waals surface area contributed by atoms with Crippen LogP contribution in [0.5, 0.6) is 5.75 Å². The molecule has 0 radical (unpaired) electrons. The van der Waals surface area contributed by atoms with Gasteiger partial charge in [0.2, 0.25) is 0 Å². The van der Waals surface area contributed by atoms with Crippen LogP contribution < -0.4 is 20.1 Å². The van der Waals surface area contributed by atoms with Crippen LogP contribution in [0.3, 0.4) is 0 Å². The van der Waals surface area contributed by atoms with Crippen molar-refractivity contribution in [2.45, 2.75) is 13.0 Å². The number of ether oxygens (including phenoxy) is 1. The summed E-state index contributed by atoms with van der Waals surface area (Å²) in [7, 11) is 0. The maximum atomic E-state index is 12.9. The molecule has 1 atom stereocenters. The summed E-state index contributed by atoms with van der Waals surface area (Å²) in [6.45, 7) is 1.35. The van der Waals surface area contributed by atoms with Gasteiger partial charge in [-0.2, -0.15) is 0 Å². The number of carbonyl (C=O) groups excluding carboxylic acids is 3. The number of nitrogens with zero attached hydrogens (tertiary/aromatic N) is 1. The molecule has 0 aromatic heterocycles. The Labute approximate surface area is 176 Å². The Balaban J connectivity index is 1.87. The third kappa shape index (κ3) is 4.61. The van der Waals surface area contributed by atoms with Crippen LogP contribution in [0.2, 0.25) is 5.02 Å². The summed E-state index contributed by atoms with van der Waals surface area (Å²) in [5.41, 5.74) is 0.851. The minimum absolute atomic E-state index is 0.0422. The Hall–Kier alpha value is -3.23. The fourth-order valence-corrected chi connectivity index (χ4v) is 3.03.